The van der Waals surface area contributed by atoms with E-state index < -0.39 is 9.32 Å². The molecule has 0 amide bonds. The zero-order valence-electron chi connectivity index (χ0n) is 3.07. The Hall–Kier alpha value is 0.600. The van der Waals surface area contributed by atoms with Gasteiger partial charge >= 0.3 is 5.12 Å². The fraction of sp³-hybridized carbons (Fsp3) is 0.500. The van der Waals surface area contributed by atoms with Crippen LogP contribution in [-0.4, -0.2) is 5.12 Å². The van der Waals surface area contributed by atoms with Crippen molar-refractivity contribution >= 4 is 35.8 Å². The van der Waals surface area contributed by atoms with Crippen molar-refractivity contribution in [3.63, 3.8) is 0 Å². The van der Waals surface area contributed by atoms with E-state index in [1.54, 1.807) is 0 Å². The summed E-state index contributed by atoms with van der Waals surface area (Å²) in [5, 5.41) is -0.182. The van der Waals surface area contributed by atoms with Crippen LogP contribution in [0.5, 0.6) is 0 Å². The van der Waals surface area contributed by atoms with Crippen LogP contribution in [0.15, 0.2) is 0 Å². The molecule has 0 radical (unpaired) electrons. The first-order valence-corrected chi connectivity index (χ1v) is 4.09. The lowest BCUT2D eigenvalue weighted by Gasteiger charge is -1.67. The van der Waals surface area contributed by atoms with Crippen LogP contribution in [0.4, 0.5) is 0 Å². The van der Waals surface area contributed by atoms with Crippen molar-refractivity contribution in [1.82, 2.24) is 0 Å². The summed E-state index contributed by atoms with van der Waals surface area (Å²) >= 11 is 0. The fourth-order valence-corrected chi connectivity index (χ4v) is 0. The third kappa shape index (κ3) is 2.82. The summed E-state index contributed by atoms with van der Waals surface area (Å²) in [6.45, 7) is 1.35. The Balaban J connectivity index is 3.26. The van der Waals surface area contributed by atoms with Crippen molar-refractivity contribution in [2.45, 2.75) is 6.92 Å². The normalized spacial score (nSPS) is 9.33. The van der Waals surface area contributed by atoms with E-state index >= 15 is 0 Å². The van der Waals surface area contributed by atoms with Crippen molar-refractivity contribution < 1.29 is 4.79 Å². The molecule has 0 saturated heterocycles. The van der Waals surface area contributed by atoms with Crippen LogP contribution in [-0.2, 0) is 14.1 Å². The van der Waals surface area contributed by atoms with Gasteiger partial charge in [-0.25, -0.2) is 4.79 Å². The van der Waals surface area contributed by atoms with Gasteiger partial charge < -0.3 is 0 Å². The highest BCUT2D eigenvalue weighted by atomic mass is 36.0. The van der Waals surface area contributed by atoms with E-state index in [0.29, 0.717) is 0 Å². The highest BCUT2D eigenvalue weighted by Crippen LogP contribution is 2.07. The predicted octanol–water partition coefficient (Wildman–Crippen LogP) is 1.46. The minimum absolute atomic E-state index is 0.182. The van der Waals surface area contributed by atoms with Gasteiger partial charge in [-0.1, -0.05) is 0 Å². The van der Waals surface area contributed by atoms with Gasteiger partial charge in [0.25, 0.3) is 9.32 Å². The van der Waals surface area contributed by atoms with E-state index in [9.17, 15) is 4.79 Å². The predicted molar refractivity (Wildman–Crippen MR) is 29.8 cm³/mol. The van der Waals surface area contributed by atoms with Crippen LogP contribution < -0.4 is 0 Å². The quantitative estimate of drug-likeness (QED) is 0.473. The van der Waals surface area contributed by atoms with E-state index in [-0.39, 0.29) is 5.12 Å². The second-order valence-corrected chi connectivity index (χ2v) is 4.03. The Kier molecular flexibility index (Phi) is 2.99. The zero-order chi connectivity index (χ0) is 5.15. The molecule has 6 heavy (non-hydrogen) atoms. The Morgan fingerprint density at radius 1 is 1.67 bits per heavy atom. The molecule has 4 heteroatoms. The van der Waals surface area contributed by atoms with Gasteiger partial charge in [-0.05, 0) is 0 Å². The van der Waals surface area contributed by atoms with E-state index in [2.05, 4.69) is 0 Å². The van der Waals surface area contributed by atoms with E-state index in [4.69, 9.17) is 21.4 Å². The molecule has 0 saturated carbocycles. The molecule has 0 atom stereocenters. The highest BCUT2D eigenvalue weighted by molar-refractivity contribution is 8.45. The van der Waals surface area contributed by atoms with Crippen molar-refractivity contribution in [1.29, 1.82) is 0 Å². The standard InChI is InChI=1S/C2H3Cl2OS/c1-2(5)6(3)4/h1H3/q+1. The summed E-state index contributed by atoms with van der Waals surface area (Å²) in [7, 11) is 9.05. The number of halogens is 2. The number of carbonyl (C=O) groups excluding carboxylic acids is 1. The lowest BCUT2D eigenvalue weighted by Crippen LogP contribution is -1.92. The Labute approximate surface area is 48.0 Å². The first-order chi connectivity index (χ1) is 2.64. The molecule has 0 aliphatic rings. The van der Waals surface area contributed by atoms with Gasteiger partial charge in [0.1, 0.15) is 0 Å². The van der Waals surface area contributed by atoms with Crippen LogP contribution >= 0.6 is 21.4 Å². The number of hydrogen-bond acceptors (Lipinski definition) is 1. The summed E-state index contributed by atoms with van der Waals surface area (Å²) in [6.07, 6.45) is 0. The molecule has 0 rings (SSSR count). The highest BCUT2D eigenvalue weighted by Gasteiger charge is 2.18. The van der Waals surface area contributed by atoms with Gasteiger partial charge in [0.2, 0.25) is 21.4 Å². The molecule has 0 aromatic heterocycles. The number of hydrogen-bond donors (Lipinski definition) is 0. The fourth-order valence-electron chi connectivity index (χ4n) is 0. The molecule has 0 aromatic carbocycles. The summed E-state index contributed by atoms with van der Waals surface area (Å²) in [4.78, 5) is 9.89. The molecule has 1 nitrogen and oxygen atoms in total. The largest absolute Gasteiger partial charge is 0.367 e. The maximum atomic E-state index is 9.89. The summed E-state index contributed by atoms with van der Waals surface area (Å²) in [5.41, 5.74) is 0. The van der Waals surface area contributed by atoms with E-state index in [1.807, 2.05) is 0 Å². The van der Waals surface area contributed by atoms with Crippen molar-refractivity contribution in [3.8, 4) is 0 Å². The molecule has 0 N–H and O–H groups in total. The van der Waals surface area contributed by atoms with Gasteiger partial charge in [0.15, 0.2) is 0 Å². The topological polar surface area (TPSA) is 17.1 Å². The number of carbonyl (C=O) groups is 1. The molecule has 0 bridgehead atoms. The van der Waals surface area contributed by atoms with Crippen LogP contribution in [0.2, 0.25) is 0 Å². The maximum absolute atomic E-state index is 9.89. The second kappa shape index (κ2) is 2.72. The van der Waals surface area contributed by atoms with Gasteiger partial charge in [-0.15, -0.1) is 0 Å². The van der Waals surface area contributed by atoms with Crippen LogP contribution in [0.3, 0.4) is 0 Å². The van der Waals surface area contributed by atoms with Gasteiger partial charge in [-0.3, -0.25) is 0 Å². The minimum atomic E-state index is -1.06. The number of rotatable bonds is 0. The molecule has 0 unspecified atom stereocenters. The van der Waals surface area contributed by atoms with Crippen LogP contribution in [0, 0.1) is 0 Å². The van der Waals surface area contributed by atoms with Crippen LogP contribution in [0.25, 0.3) is 0 Å². The van der Waals surface area contributed by atoms with Gasteiger partial charge in [-0.2, -0.15) is 0 Å². The van der Waals surface area contributed by atoms with Crippen molar-refractivity contribution in [2.24, 2.45) is 0 Å². The lowest BCUT2D eigenvalue weighted by molar-refractivity contribution is -0.109. The Morgan fingerprint density at radius 3 is 1.83 bits per heavy atom. The second-order valence-electron chi connectivity index (χ2n) is 0.704. The minimum Gasteiger partial charge on any atom is -0.234 e. The summed E-state index contributed by atoms with van der Waals surface area (Å²) < 4.78 is 0. The summed E-state index contributed by atoms with van der Waals surface area (Å²) in [5.74, 6) is 0. The van der Waals surface area contributed by atoms with Crippen molar-refractivity contribution in [2.75, 3.05) is 0 Å². The van der Waals surface area contributed by atoms with E-state index in [1.165, 1.54) is 6.92 Å². The molecule has 0 aliphatic carbocycles. The zero-order valence-corrected chi connectivity index (χ0v) is 5.40. The van der Waals surface area contributed by atoms with E-state index in [0.717, 1.165) is 0 Å². The average Bonchev–Trinajstić information content (AvgIpc) is 1.36. The third-order valence-electron chi connectivity index (χ3n) is 0.217. The first-order valence-electron chi connectivity index (χ1n) is 1.22. The van der Waals surface area contributed by atoms with Crippen molar-refractivity contribution in [3.05, 3.63) is 0 Å². The smallest absolute Gasteiger partial charge is 0.234 e. The average molecular weight is 146 g/mol. The summed E-state index contributed by atoms with van der Waals surface area (Å²) in [6, 6.07) is 0. The molecule has 0 aliphatic heterocycles. The van der Waals surface area contributed by atoms with Gasteiger partial charge in [0, 0.05) is 6.92 Å². The molecule has 0 aromatic rings. The molecule has 0 heterocycles. The SMILES string of the molecule is CC(=O)[S+](Cl)Cl. The molecular weight excluding hydrogens is 143 g/mol. The molecule has 0 spiro atoms. The molecule has 0 fully saturated rings. The first kappa shape index (κ1) is 6.60. The molecular formula is C2H3Cl2OS+. The van der Waals surface area contributed by atoms with Crippen LogP contribution in [0.1, 0.15) is 6.92 Å². The Bertz CT molecular complexity index is 62.6. The lowest BCUT2D eigenvalue weighted by atomic mass is 10.9. The van der Waals surface area contributed by atoms with Gasteiger partial charge in [0.05, 0.1) is 0 Å². The molecule has 36 valence electrons. The monoisotopic (exact) mass is 145 g/mol. The maximum Gasteiger partial charge on any atom is 0.367 e. The Morgan fingerprint density at radius 2 is 1.83 bits per heavy atom. The third-order valence-corrected chi connectivity index (χ3v) is 1.96.